The summed E-state index contributed by atoms with van der Waals surface area (Å²) in [5, 5.41) is 5.49. The SMILES string of the molecule is COCCNC(=O)c1ccccc1NC(=O)c1cc(OC)c(OC)c(OC)c1. The molecule has 0 unspecified atom stereocenters. The molecule has 2 rings (SSSR count). The van der Waals surface area contributed by atoms with E-state index in [2.05, 4.69) is 10.6 Å². The Labute approximate surface area is 163 Å². The van der Waals surface area contributed by atoms with Crippen molar-refractivity contribution in [1.29, 1.82) is 0 Å². The van der Waals surface area contributed by atoms with Gasteiger partial charge in [0.25, 0.3) is 11.8 Å². The van der Waals surface area contributed by atoms with Crippen LogP contribution in [0.1, 0.15) is 20.7 Å². The molecular formula is C20H24N2O6. The summed E-state index contributed by atoms with van der Waals surface area (Å²) in [6, 6.07) is 9.82. The van der Waals surface area contributed by atoms with Crippen molar-refractivity contribution in [3.8, 4) is 17.2 Å². The van der Waals surface area contributed by atoms with E-state index in [1.54, 1.807) is 31.4 Å². The molecule has 0 heterocycles. The first-order valence-electron chi connectivity index (χ1n) is 8.53. The van der Waals surface area contributed by atoms with E-state index >= 15 is 0 Å². The molecule has 0 bridgehead atoms. The summed E-state index contributed by atoms with van der Waals surface area (Å²) in [6.45, 7) is 0.760. The molecular weight excluding hydrogens is 364 g/mol. The number of hydrogen-bond acceptors (Lipinski definition) is 6. The summed E-state index contributed by atoms with van der Waals surface area (Å²) < 4.78 is 20.7. The van der Waals surface area contributed by atoms with Gasteiger partial charge in [0.15, 0.2) is 11.5 Å². The van der Waals surface area contributed by atoms with Crippen molar-refractivity contribution < 1.29 is 28.5 Å². The number of benzene rings is 2. The second kappa shape index (κ2) is 10.2. The molecule has 0 aliphatic heterocycles. The predicted molar refractivity (Wildman–Crippen MR) is 105 cm³/mol. The van der Waals surface area contributed by atoms with E-state index in [0.717, 1.165) is 0 Å². The number of anilines is 1. The Morgan fingerprint density at radius 3 is 2.11 bits per heavy atom. The molecule has 2 N–H and O–H groups in total. The Kier molecular flexibility index (Phi) is 7.65. The van der Waals surface area contributed by atoms with Crippen LogP contribution >= 0.6 is 0 Å². The van der Waals surface area contributed by atoms with Crippen molar-refractivity contribution in [2.45, 2.75) is 0 Å². The molecule has 0 saturated carbocycles. The van der Waals surface area contributed by atoms with Gasteiger partial charge >= 0.3 is 0 Å². The highest BCUT2D eigenvalue weighted by molar-refractivity contribution is 6.09. The number of ether oxygens (including phenoxy) is 4. The Morgan fingerprint density at radius 2 is 1.54 bits per heavy atom. The first-order chi connectivity index (χ1) is 13.5. The molecule has 0 aliphatic rings. The average Bonchev–Trinajstić information content (AvgIpc) is 2.72. The van der Waals surface area contributed by atoms with Gasteiger partial charge in [-0.3, -0.25) is 9.59 Å². The average molecular weight is 388 g/mol. The van der Waals surface area contributed by atoms with Gasteiger partial charge in [-0.1, -0.05) is 12.1 Å². The number of carbonyl (C=O) groups excluding carboxylic acids is 2. The van der Waals surface area contributed by atoms with E-state index < -0.39 is 5.91 Å². The number of rotatable bonds is 9. The van der Waals surface area contributed by atoms with Gasteiger partial charge in [0.1, 0.15) is 0 Å². The van der Waals surface area contributed by atoms with Crippen LogP contribution in [-0.4, -0.2) is 53.4 Å². The Morgan fingerprint density at radius 1 is 0.893 bits per heavy atom. The Bertz CT molecular complexity index is 812. The highest BCUT2D eigenvalue weighted by atomic mass is 16.5. The fourth-order valence-corrected chi connectivity index (χ4v) is 2.56. The maximum atomic E-state index is 12.8. The van der Waals surface area contributed by atoms with Gasteiger partial charge in [0.05, 0.1) is 39.2 Å². The molecule has 2 amide bonds. The van der Waals surface area contributed by atoms with Crippen molar-refractivity contribution in [2.24, 2.45) is 0 Å². The minimum Gasteiger partial charge on any atom is -0.493 e. The van der Waals surface area contributed by atoms with Crippen LogP contribution < -0.4 is 24.8 Å². The normalized spacial score (nSPS) is 10.1. The molecule has 0 atom stereocenters. The summed E-state index contributed by atoms with van der Waals surface area (Å²) in [5.74, 6) is 0.379. The largest absolute Gasteiger partial charge is 0.493 e. The molecule has 0 spiro atoms. The molecule has 150 valence electrons. The molecule has 0 fully saturated rings. The number of hydrogen-bond donors (Lipinski definition) is 2. The molecule has 2 aromatic rings. The fraction of sp³-hybridized carbons (Fsp3) is 0.300. The summed E-state index contributed by atoms with van der Waals surface area (Å²) in [7, 11) is 5.98. The molecule has 0 saturated heterocycles. The highest BCUT2D eigenvalue weighted by Gasteiger charge is 2.19. The van der Waals surface area contributed by atoms with Crippen LogP contribution in [0.3, 0.4) is 0 Å². The lowest BCUT2D eigenvalue weighted by atomic mass is 10.1. The molecule has 8 heteroatoms. The second-order valence-electron chi connectivity index (χ2n) is 5.66. The van der Waals surface area contributed by atoms with Crippen molar-refractivity contribution in [3.05, 3.63) is 47.5 Å². The molecule has 8 nitrogen and oxygen atoms in total. The molecule has 0 aromatic heterocycles. The lowest BCUT2D eigenvalue weighted by Crippen LogP contribution is -2.28. The van der Waals surface area contributed by atoms with Crippen molar-refractivity contribution in [1.82, 2.24) is 5.32 Å². The summed E-state index contributed by atoms with van der Waals surface area (Å²) in [6.07, 6.45) is 0. The maximum Gasteiger partial charge on any atom is 0.255 e. The van der Waals surface area contributed by atoms with Crippen molar-refractivity contribution in [3.63, 3.8) is 0 Å². The first-order valence-corrected chi connectivity index (χ1v) is 8.53. The number of para-hydroxylation sites is 1. The van der Waals surface area contributed by atoms with Gasteiger partial charge in [0.2, 0.25) is 5.75 Å². The van der Waals surface area contributed by atoms with Gasteiger partial charge < -0.3 is 29.6 Å². The lowest BCUT2D eigenvalue weighted by molar-refractivity contribution is 0.0938. The van der Waals surface area contributed by atoms with Crippen molar-refractivity contribution >= 4 is 17.5 Å². The van der Waals surface area contributed by atoms with Gasteiger partial charge in [0, 0.05) is 19.2 Å². The molecule has 0 radical (unpaired) electrons. The van der Waals surface area contributed by atoms with Crippen LogP contribution in [0, 0.1) is 0 Å². The quantitative estimate of drug-likeness (QED) is 0.641. The summed E-state index contributed by atoms with van der Waals surface area (Å²) >= 11 is 0. The van der Waals surface area contributed by atoms with Crippen LogP contribution in [0.15, 0.2) is 36.4 Å². The zero-order valence-electron chi connectivity index (χ0n) is 16.3. The van der Waals surface area contributed by atoms with E-state index in [1.165, 1.54) is 33.5 Å². The standard InChI is InChI=1S/C20H24N2O6/c1-25-10-9-21-20(24)14-7-5-6-8-15(14)22-19(23)13-11-16(26-2)18(28-4)17(12-13)27-3/h5-8,11-12H,9-10H2,1-4H3,(H,21,24)(H,22,23). The Hall–Kier alpha value is -3.26. The monoisotopic (exact) mass is 388 g/mol. The topological polar surface area (TPSA) is 95.1 Å². The molecule has 0 aliphatic carbocycles. The zero-order valence-corrected chi connectivity index (χ0v) is 16.3. The lowest BCUT2D eigenvalue weighted by Gasteiger charge is -2.15. The van der Waals surface area contributed by atoms with Crippen LogP contribution in [-0.2, 0) is 4.74 Å². The Balaban J connectivity index is 2.27. The van der Waals surface area contributed by atoms with E-state index in [9.17, 15) is 9.59 Å². The first kappa shape index (κ1) is 21.0. The molecule has 2 aromatic carbocycles. The smallest absolute Gasteiger partial charge is 0.255 e. The predicted octanol–water partition coefficient (Wildman–Crippen LogP) is 2.34. The van der Waals surface area contributed by atoms with E-state index in [1.807, 2.05) is 0 Å². The van der Waals surface area contributed by atoms with Crippen molar-refractivity contribution in [2.75, 3.05) is 46.9 Å². The second-order valence-corrected chi connectivity index (χ2v) is 5.66. The third kappa shape index (κ3) is 4.92. The molecule has 28 heavy (non-hydrogen) atoms. The number of amides is 2. The highest BCUT2D eigenvalue weighted by Crippen LogP contribution is 2.38. The van der Waals surface area contributed by atoms with Crippen LogP contribution in [0.4, 0.5) is 5.69 Å². The van der Waals surface area contributed by atoms with E-state index in [0.29, 0.717) is 47.2 Å². The van der Waals surface area contributed by atoms with Crippen LogP contribution in [0.2, 0.25) is 0 Å². The minimum atomic E-state index is -0.420. The van der Waals surface area contributed by atoms with Crippen LogP contribution in [0.5, 0.6) is 17.2 Å². The summed E-state index contributed by atoms with van der Waals surface area (Å²) in [5.41, 5.74) is 1.03. The maximum absolute atomic E-state index is 12.8. The van der Waals surface area contributed by atoms with Gasteiger partial charge in [-0.25, -0.2) is 0 Å². The zero-order chi connectivity index (χ0) is 20.5. The number of methoxy groups -OCH3 is 4. The fourth-order valence-electron chi connectivity index (χ4n) is 2.56. The van der Waals surface area contributed by atoms with E-state index in [4.69, 9.17) is 18.9 Å². The summed E-state index contributed by atoms with van der Waals surface area (Å²) in [4.78, 5) is 25.1. The number of nitrogens with one attached hydrogen (secondary N) is 2. The number of carbonyl (C=O) groups is 2. The van der Waals surface area contributed by atoms with Gasteiger partial charge in [-0.15, -0.1) is 0 Å². The van der Waals surface area contributed by atoms with Crippen LogP contribution in [0.25, 0.3) is 0 Å². The van der Waals surface area contributed by atoms with Gasteiger partial charge in [-0.05, 0) is 24.3 Å². The van der Waals surface area contributed by atoms with E-state index in [-0.39, 0.29) is 5.91 Å². The van der Waals surface area contributed by atoms with Gasteiger partial charge in [-0.2, -0.15) is 0 Å². The minimum absolute atomic E-state index is 0.295. The third-order valence-electron chi connectivity index (χ3n) is 3.94. The third-order valence-corrected chi connectivity index (χ3v) is 3.94.